The number of carbonyl (C=O) groups excluding carboxylic acids is 1. The van der Waals surface area contributed by atoms with Gasteiger partial charge in [0.05, 0.1) is 57.1 Å². The number of sulfonamides is 1. The molecule has 59 heavy (non-hydrogen) atoms. The Kier molecular flexibility index (Phi) is 9.65. The monoisotopic (exact) mass is 862 g/mol. The molecule has 3 atom stereocenters. The van der Waals surface area contributed by atoms with Crippen LogP contribution < -0.4 is 10.0 Å². The van der Waals surface area contributed by atoms with E-state index in [2.05, 4.69) is 20.2 Å². The molecule has 0 radical (unpaired) electrons. The lowest BCUT2D eigenvalue weighted by molar-refractivity contribution is -0.138. The van der Waals surface area contributed by atoms with Crippen molar-refractivity contribution >= 4 is 44.3 Å². The number of pyridine rings is 1. The maximum absolute atomic E-state index is 15.5. The molecule has 0 aliphatic heterocycles. The molecular weight excluding hydrogens is 829 g/mol. The molecule has 2 aromatic carbocycles. The number of anilines is 1. The minimum atomic E-state index is -4.96. The van der Waals surface area contributed by atoms with E-state index in [0.29, 0.717) is 44.7 Å². The van der Waals surface area contributed by atoms with Crippen molar-refractivity contribution in [2.75, 3.05) is 11.0 Å². The van der Waals surface area contributed by atoms with Crippen LogP contribution in [0.5, 0.6) is 0 Å². The summed E-state index contributed by atoms with van der Waals surface area (Å²) in [6.45, 7) is 2.86. The van der Waals surface area contributed by atoms with Crippen molar-refractivity contribution in [1.29, 1.82) is 0 Å². The quantitative estimate of drug-likeness (QED) is 0.126. The van der Waals surface area contributed by atoms with Crippen molar-refractivity contribution in [1.82, 2.24) is 34.4 Å². The minimum Gasteiger partial charge on any atom is -0.346 e. The van der Waals surface area contributed by atoms with E-state index in [1.165, 1.54) is 17.8 Å². The van der Waals surface area contributed by atoms with Crippen LogP contribution in [-0.4, -0.2) is 49.7 Å². The van der Waals surface area contributed by atoms with Crippen molar-refractivity contribution in [2.45, 2.75) is 63.3 Å². The van der Waals surface area contributed by atoms with Gasteiger partial charge in [0.25, 0.3) is 5.92 Å². The fraction of sp³-hybridized carbons (Fsp3) is 0.333. The fourth-order valence-corrected chi connectivity index (χ4v) is 8.79. The van der Waals surface area contributed by atoms with E-state index in [4.69, 9.17) is 16.6 Å². The molecule has 11 nitrogen and oxygen atoms in total. The zero-order valence-electron chi connectivity index (χ0n) is 31.5. The number of hydrogen-bond acceptors (Lipinski definition) is 6. The van der Waals surface area contributed by atoms with Crippen molar-refractivity contribution < 1.29 is 43.9 Å². The molecule has 2 N–H and O–H groups in total. The van der Waals surface area contributed by atoms with E-state index in [-0.39, 0.29) is 46.4 Å². The molecule has 2 aliphatic carbocycles. The van der Waals surface area contributed by atoms with E-state index in [0.717, 1.165) is 18.4 Å². The Morgan fingerprint density at radius 1 is 1.05 bits per heavy atom. The highest BCUT2D eigenvalue weighted by atomic mass is 35.5. The topological polar surface area (TPSA) is 129 Å². The first-order valence-electron chi connectivity index (χ1n) is 18.2. The Hall–Kier alpha value is -5.43. The van der Waals surface area contributed by atoms with Gasteiger partial charge >= 0.3 is 6.18 Å². The van der Waals surface area contributed by atoms with Crippen LogP contribution in [0.3, 0.4) is 0 Å². The molecule has 1 fully saturated rings. The summed E-state index contributed by atoms with van der Waals surface area (Å²) in [5, 5.41) is 11.8. The van der Waals surface area contributed by atoms with Gasteiger partial charge in [-0.1, -0.05) is 23.7 Å². The maximum atomic E-state index is 15.5. The average Bonchev–Trinajstić information content (AvgIpc) is 3.36. The van der Waals surface area contributed by atoms with Gasteiger partial charge in [-0.15, -0.1) is 0 Å². The number of rotatable bonds is 11. The molecule has 0 spiro atoms. The SMILES string of the molecule is CC(C)n1cc(-c2ccc(-c3ccc(Cl)c4c(NS(C)(=O)=O)nn(C)c34)c([C@H](Cc3cc(F)cc(F)c3)NC(=O)Cn3cc(C(F)(F)F)c4c3C(F)(F)[C@@H]3C[C@H]43)n2)cn1. The number of nitrogens with zero attached hydrogens (tertiary/aromatic N) is 6. The smallest absolute Gasteiger partial charge is 0.346 e. The number of halogens is 8. The summed E-state index contributed by atoms with van der Waals surface area (Å²) in [7, 11) is -2.30. The summed E-state index contributed by atoms with van der Waals surface area (Å²) in [4.78, 5) is 19.0. The Labute approximate surface area is 337 Å². The van der Waals surface area contributed by atoms with E-state index in [1.54, 1.807) is 35.3 Å². The first-order chi connectivity index (χ1) is 27.6. The van der Waals surface area contributed by atoms with Gasteiger partial charge in [0.15, 0.2) is 5.82 Å². The number of aromatic nitrogens is 6. The van der Waals surface area contributed by atoms with Gasteiger partial charge in [0.1, 0.15) is 18.2 Å². The summed E-state index contributed by atoms with van der Waals surface area (Å²) >= 11 is 6.62. The summed E-state index contributed by atoms with van der Waals surface area (Å²) in [6.07, 6.45) is -0.656. The predicted molar refractivity (Wildman–Crippen MR) is 204 cm³/mol. The fourth-order valence-electron chi connectivity index (χ4n) is 8.06. The Morgan fingerprint density at radius 2 is 1.75 bits per heavy atom. The molecule has 4 heterocycles. The Bertz CT molecular complexity index is 2780. The Balaban J connectivity index is 1.29. The largest absolute Gasteiger partial charge is 0.418 e. The number of aryl methyl sites for hydroxylation is 1. The van der Waals surface area contributed by atoms with Crippen molar-refractivity contribution in [3.05, 3.63) is 106 Å². The Morgan fingerprint density at radius 3 is 2.39 bits per heavy atom. The van der Waals surface area contributed by atoms with E-state index >= 15 is 8.78 Å². The van der Waals surface area contributed by atoms with Crippen LogP contribution >= 0.6 is 11.6 Å². The lowest BCUT2D eigenvalue weighted by atomic mass is 9.93. The highest BCUT2D eigenvalue weighted by Gasteiger charge is 2.67. The van der Waals surface area contributed by atoms with Gasteiger partial charge in [-0.25, -0.2) is 22.2 Å². The third kappa shape index (κ3) is 7.42. The summed E-state index contributed by atoms with van der Waals surface area (Å²) < 4.78 is 133. The molecule has 0 bridgehead atoms. The molecule has 20 heteroatoms. The van der Waals surface area contributed by atoms with Gasteiger partial charge in [-0.05, 0) is 68.0 Å². The lowest BCUT2D eigenvalue weighted by Crippen LogP contribution is -2.34. The number of carbonyl (C=O) groups is 1. The van der Waals surface area contributed by atoms with Gasteiger partial charge in [-0.3, -0.25) is 18.9 Å². The second-order valence-corrected chi connectivity index (χ2v) is 17.4. The van der Waals surface area contributed by atoms with Gasteiger partial charge in [0, 0.05) is 54.2 Å². The summed E-state index contributed by atoms with van der Waals surface area (Å²) in [5.41, 5.74) is -0.617. The van der Waals surface area contributed by atoms with Crippen LogP contribution in [0.25, 0.3) is 33.3 Å². The molecule has 2 aliphatic rings. The van der Waals surface area contributed by atoms with E-state index in [1.807, 2.05) is 13.8 Å². The second-order valence-electron chi connectivity index (χ2n) is 15.2. The van der Waals surface area contributed by atoms with Crippen LogP contribution in [0.4, 0.5) is 36.6 Å². The molecule has 8 rings (SSSR count). The van der Waals surface area contributed by atoms with E-state index in [9.17, 15) is 35.2 Å². The molecule has 1 amide bonds. The third-order valence-electron chi connectivity index (χ3n) is 10.6. The van der Waals surface area contributed by atoms with Crippen LogP contribution in [0.1, 0.15) is 66.3 Å². The van der Waals surface area contributed by atoms with Gasteiger partial charge < -0.3 is 9.88 Å². The first kappa shape index (κ1) is 40.4. The molecule has 0 saturated heterocycles. The van der Waals surface area contributed by atoms with Crippen LogP contribution in [0.2, 0.25) is 5.02 Å². The molecule has 4 aromatic heterocycles. The normalized spacial score (nSPS) is 17.6. The number of benzene rings is 2. The van der Waals surface area contributed by atoms with Gasteiger partial charge in [-0.2, -0.15) is 32.1 Å². The zero-order valence-corrected chi connectivity index (χ0v) is 33.1. The first-order valence-corrected chi connectivity index (χ1v) is 20.5. The van der Waals surface area contributed by atoms with Crippen LogP contribution in [0, 0.1) is 17.6 Å². The zero-order chi connectivity index (χ0) is 42.5. The average molecular weight is 863 g/mol. The molecule has 310 valence electrons. The van der Waals surface area contributed by atoms with E-state index < -0.39 is 80.9 Å². The van der Waals surface area contributed by atoms with Crippen molar-refractivity contribution in [3.63, 3.8) is 0 Å². The third-order valence-corrected chi connectivity index (χ3v) is 11.4. The van der Waals surface area contributed by atoms with Crippen LogP contribution in [0.15, 0.2) is 61.1 Å². The number of fused-ring (bicyclic) bond motifs is 4. The van der Waals surface area contributed by atoms with Gasteiger partial charge in [0.2, 0.25) is 15.9 Å². The predicted octanol–water partition coefficient (Wildman–Crippen LogP) is 8.51. The highest BCUT2D eigenvalue weighted by Crippen LogP contribution is 2.69. The number of hydrogen-bond donors (Lipinski definition) is 2. The summed E-state index contributed by atoms with van der Waals surface area (Å²) in [6, 6.07) is 7.76. The van der Waals surface area contributed by atoms with Crippen molar-refractivity contribution in [2.24, 2.45) is 13.0 Å². The van der Waals surface area contributed by atoms with Crippen molar-refractivity contribution in [3.8, 4) is 22.4 Å². The lowest BCUT2D eigenvalue weighted by Gasteiger charge is -2.24. The number of nitrogens with one attached hydrogen (secondary N) is 2. The maximum Gasteiger partial charge on any atom is 0.418 e. The standard InChI is InChI=1S/C39H34ClF7N8O3S/c1-18(2)55-15-20(14-48-55)29-8-6-23(24-5-7-28(40)33-35(24)53(3)51-37(33)52-59(4,57)58)34(50-29)30(11-19-9-21(41)12-22(42)10-19)49-31(56)17-54-16-27(39(45,46)47)32-25-13-26(25)38(43,44)36(32)54/h5-10,12,14-16,18,25-26,30H,11,13,17H2,1-4H3,(H,49,56)(H,51,52)/t25-,26+,30-/m0/s1. The molecular formula is C39H34ClF7N8O3S. The molecule has 0 unspecified atom stereocenters. The highest BCUT2D eigenvalue weighted by molar-refractivity contribution is 7.92. The minimum absolute atomic E-state index is 0.0365. The second kappa shape index (κ2) is 14.1. The van der Waals surface area contributed by atoms with Crippen LogP contribution in [-0.2, 0) is 46.9 Å². The summed E-state index contributed by atoms with van der Waals surface area (Å²) in [5.74, 6) is -8.85. The molecule has 6 aromatic rings. The number of amides is 1. The number of alkyl halides is 5. The molecule has 1 saturated carbocycles.